The molecule has 1 aromatic heterocycles. The van der Waals surface area contributed by atoms with Gasteiger partial charge in [-0.2, -0.15) is 0 Å². The highest BCUT2D eigenvalue weighted by Crippen LogP contribution is 2.41. The Kier molecular flexibility index (Phi) is 5.82. The lowest BCUT2D eigenvalue weighted by Crippen LogP contribution is -2.10. The molecule has 7 aromatic carbocycles. The van der Waals surface area contributed by atoms with Crippen molar-refractivity contribution in [1.29, 1.82) is 0 Å². The quantitative estimate of drug-likeness (QED) is 0.217. The summed E-state index contributed by atoms with van der Waals surface area (Å²) in [5.41, 5.74) is 9.81. The minimum absolute atomic E-state index is 0.889. The molecule has 0 spiro atoms. The molecule has 0 radical (unpaired) electrons. The van der Waals surface area contributed by atoms with E-state index < -0.39 is 0 Å². The van der Waals surface area contributed by atoms with Crippen molar-refractivity contribution in [1.82, 2.24) is 0 Å². The SMILES string of the molecule is c1ccc(-c2cccc(N(c3cccc(-c4ccccc4)c3)c3ccc4oc5cc6ccccc6cc5c4c3)c2)cc1. The Morgan fingerprint density at radius 1 is 0.333 bits per heavy atom. The van der Waals surface area contributed by atoms with Crippen molar-refractivity contribution < 1.29 is 4.42 Å². The summed E-state index contributed by atoms with van der Waals surface area (Å²) in [5.74, 6) is 0. The monoisotopic (exact) mass is 537 g/mol. The van der Waals surface area contributed by atoms with Gasteiger partial charge in [-0.3, -0.25) is 0 Å². The molecule has 8 rings (SSSR count). The van der Waals surface area contributed by atoms with Crippen LogP contribution >= 0.6 is 0 Å². The van der Waals surface area contributed by atoms with E-state index in [1.807, 2.05) is 0 Å². The molecule has 0 amide bonds. The van der Waals surface area contributed by atoms with Crippen molar-refractivity contribution in [3.8, 4) is 22.3 Å². The summed E-state index contributed by atoms with van der Waals surface area (Å²) >= 11 is 0. The second-order valence-electron chi connectivity index (χ2n) is 10.6. The molecule has 8 aromatic rings. The maximum Gasteiger partial charge on any atom is 0.136 e. The van der Waals surface area contributed by atoms with Gasteiger partial charge in [0.2, 0.25) is 0 Å². The summed E-state index contributed by atoms with van der Waals surface area (Å²) in [6.07, 6.45) is 0. The van der Waals surface area contributed by atoms with Gasteiger partial charge in [0.1, 0.15) is 11.2 Å². The molecule has 0 saturated heterocycles. The van der Waals surface area contributed by atoms with Crippen molar-refractivity contribution >= 4 is 49.8 Å². The second kappa shape index (κ2) is 10.1. The number of rotatable bonds is 5. The Morgan fingerprint density at radius 2 is 0.833 bits per heavy atom. The van der Waals surface area contributed by atoms with E-state index in [4.69, 9.17) is 4.42 Å². The summed E-state index contributed by atoms with van der Waals surface area (Å²) in [4.78, 5) is 2.35. The first-order chi connectivity index (χ1) is 20.8. The van der Waals surface area contributed by atoms with Crippen LogP contribution < -0.4 is 4.90 Å². The molecule has 0 aliphatic carbocycles. The van der Waals surface area contributed by atoms with E-state index in [1.165, 1.54) is 33.0 Å². The van der Waals surface area contributed by atoms with E-state index in [-0.39, 0.29) is 0 Å². The van der Waals surface area contributed by atoms with Crippen LogP contribution in [0.15, 0.2) is 168 Å². The second-order valence-corrected chi connectivity index (χ2v) is 10.6. The topological polar surface area (TPSA) is 16.4 Å². The number of hydrogen-bond acceptors (Lipinski definition) is 2. The van der Waals surface area contributed by atoms with E-state index in [0.717, 1.165) is 39.0 Å². The van der Waals surface area contributed by atoms with Crippen molar-refractivity contribution in [2.45, 2.75) is 0 Å². The summed E-state index contributed by atoms with van der Waals surface area (Å²) in [6.45, 7) is 0. The number of fused-ring (bicyclic) bond motifs is 4. The van der Waals surface area contributed by atoms with E-state index in [1.54, 1.807) is 0 Å². The van der Waals surface area contributed by atoms with Gasteiger partial charge in [0, 0.05) is 27.8 Å². The molecular weight excluding hydrogens is 510 g/mol. The van der Waals surface area contributed by atoms with Crippen LogP contribution in [0.3, 0.4) is 0 Å². The lowest BCUT2D eigenvalue weighted by atomic mass is 10.0. The van der Waals surface area contributed by atoms with Crippen molar-refractivity contribution in [2.24, 2.45) is 0 Å². The van der Waals surface area contributed by atoms with Gasteiger partial charge in [0.05, 0.1) is 0 Å². The first kappa shape index (κ1) is 24.2. The van der Waals surface area contributed by atoms with Gasteiger partial charge in [-0.05, 0) is 87.6 Å². The summed E-state index contributed by atoms with van der Waals surface area (Å²) in [5, 5.41) is 4.63. The lowest BCUT2D eigenvalue weighted by molar-refractivity contribution is 0.669. The Balaban J connectivity index is 1.33. The third-order valence-corrected chi connectivity index (χ3v) is 8.00. The fraction of sp³-hybridized carbons (Fsp3) is 0. The zero-order valence-electron chi connectivity index (χ0n) is 22.9. The highest BCUT2D eigenvalue weighted by atomic mass is 16.3. The first-order valence-electron chi connectivity index (χ1n) is 14.3. The van der Waals surface area contributed by atoms with Crippen LogP contribution in [-0.2, 0) is 0 Å². The van der Waals surface area contributed by atoms with Gasteiger partial charge in [-0.1, -0.05) is 109 Å². The van der Waals surface area contributed by atoms with Crippen molar-refractivity contribution in [3.63, 3.8) is 0 Å². The molecule has 42 heavy (non-hydrogen) atoms. The van der Waals surface area contributed by atoms with Crippen LogP contribution in [0, 0.1) is 0 Å². The highest BCUT2D eigenvalue weighted by Gasteiger charge is 2.17. The van der Waals surface area contributed by atoms with Gasteiger partial charge in [0.15, 0.2) is 0 Å². The van der Waals surface area contributed by atoms with Gasteiger partial charge in [-0.25, -0.2) is 0 Å². The van der Waals surface area contributed by atoms with E-state index in [0.29, 0.717) is 0 Å². The molecular formula is C40H27NO. The molecule has 0 saturated carbocycles. The molecule has 0 unspecified atom stereocenters. The summed E-state index contributed by atoms with van der Waals surface area (Å²) < 4.78 is 6.34. The number of nitrogens with zero attached hydrogens (tertiary/aromatic N) is 1. The standard InChI is InChI=1S/C40H27NO/c1-3-11-28(12-4-1)30-17-9-19-34(23-30)41(35-20-10-18-31(24-35)29-13-5-2-6-14-29)36-21-22-39-38(27-36)37-25-32-15-7-8-16-33(32)26-40(37)42-39/h1-27H. The third-order valence-electron chi connectivity index (χ3n) is 8.00. The number of furan rings is 1. The van der Waals surface area contributed by atoms with Gasteiger partial charge in [0.25, 0.3) is 0 Å². The van der Waals surface area contributed by atoms with Crippen LogP contribution in [0.5, 0.6) is 0 Å². The van der Waals surface area contributed by atoms with Gasteiger partial charge in [-0.15, -0.1) is 0 Å². The predicted molar refractivity (Wildman–Crippen MR) is 177 cm³/mol. The zero-order valence-corrected chi connectivity index (χ0v) is 22.9. The van der Waals surface area contributed by atoms with Crippen LogP contribution in [0.2, 0.25) is 0 Å². The first-order valence-corrected chi connectivity index (χ1v) is 14.3. The molecule has 0 N–H and O–H groups in total. The summed E-state index contributed by atoms with van der Waals surface area (Å²) in [6, 6.07) is 58.0. The maximum absolute atomic E-state index is 6.34. The molecule has 198 valence electrons. The fourth-order valence-electron chi connectivity index (χ4n) is 5.95. The molecule has 0 fully saturated rings. The smallest absolute Gasteiger partial charge is 0.136 e. The zero-order chi connectivity index (χ0) is 27.9. The molecule has 2 heteroatoms. The van der Waals surface area contributed by atoms with Gasteiger partial charge < -0.3 is 9.32 Å². The molecule has 0 aliphatic rings. The molecule has 0 aliphatic heterocycles. The Morgan fingerprint density at radius 3 is 1.45 bits per heavy atom. The predicted octanol–water partition coefficient (Wildman–Crippen LogP) is 11.5. The Labute approximate surface area is 244 Å². The average molecular weight is 538 g/mol. The molecule has 2 nitrogen and oxygen atoms in total. The molecule has 1 heterocycles. The van der Waals surface area contributed by atoms with E-state index >= 15 is 0 Å². The molecule has 0 atom stereocenters. The van der Waals surface area contributed by atoms with Crippen molar-refractivity contribution in [3.05, 3.63) is 164 Å². The normalized spacial score (nSPS) is 11.3. The van der Waals surface area contributed by atoms with Crippen molar-refractivity contribution in [2.75, 3.05) is 4.90 Å². The minimum atomic E-state index is 0.889. The average Bonchev–Trinajstić information content (AvgIpc) is 3.41. The highest BCUT2D eigenvalue weighted by molar-refractivity contribution is 6.11. The summed E-state index contributed by atoms with van der Waals surface area (Å²) in [7, 11) is 0. The number of benzene rings is 7. The maximum atomic E-state index is 6.34. The fourth-order valence-corrected chi connectivity index (χ4v) is 5.95. The van der Waals surface area contributed by atoms with E-state index in [2.05, 4.69) is 169 Å². The lowest BCUT2D eigenvalue weighted by Gasteiger charge is -2.26. The molecule has 0 bridgehead atoms. The minimum Gasteiger partial charge on any atom is -0.456 e. The van der Waals surface area contributed by atoms with Crippen LogP contribution in [0.1, 0.15) is 0 Å². The van der Waals surface area contributed by atoms with Crippen LogP contribution in [-0.4, -0.2) is 0 Å². The number of hydrogen-bond donors (Lipinski definition) is 0. The van der Waals surface area contributed by atoms with Crippen LogP contribution in [0.25, 0.3) is 55.0 Å². The third kappa shape index (κ3) is 4.31. The number of anilines is 3. The van der Waals surface area contributed by atoms with E-state index in [9.17, 15) is 0 Å². The van der Waals surface area contributed by atoms with Crippen LogP contribution in [0.4, 0.5) is 17.1 Å². The Bertz CT molecular complexity index is 2110. The largest absolute Gasteiger partial charge is 0.456 e. The van der Waals surface area contributed by atoms with Gasteiger partial charge >= 0.3 is 0 Å². The Hall–Kier alpha value is -5.60.